The van der Waals surface area contributed by atoms with Crippen molar-refractivity contribution in [3.05, 3.63) is 53.6 Å². The van der Waals surface area contributed by atoms with Crippen LogP contribution in [0, 0.1) is 6.92 Å². The number of allylic oxidation sites excluding steroid dienone is 1. The van der Waals surface area contributed by atoms with Crippen molar-refractivity contribution in [2.45, 2.75) is 46.5 Å². The van der Waals surface area contributed by atoms with Gasteiger partial charge < -0.3 is 18.1 Å². The largest absolute Gasteiger partial charge is 0.424 e. The molecule has 182 valence electrons. The van der Waals surface area contributed by atoms with Gasteiger partial charge in [-0.2, -0.15) is 0 Å². The Morgan fingerprint density at radius 3 is 1.94 bits per heavy atom. The molecular weight excluding hydrogens is 458 g/mol. The van der Waals surface area contributed by atoms with Crippen LogP contribution < -0.4 is 9.05 Å². The lowest BCUT2D eigenvalue weighted by atomic mass is 9.91. The number of hydrogen-bond acceptors (Lipinski definition) is 6. The minimum absolute atomic E-state index is 0.343. The van der Waals surface area contributed by atoms with Gasteiger partial charge in [0.2, 0.25) is 0 Å². The van der Waals surface area contributed by atoms with E-state index in [4.69, 9.17) is 18.1 Å². The van der Waals surface area contributed by atoms with E-state index >= 15 is 0 Å². The second-order valence-electron chi connectivity index (χ2n) is 8.34. The van der Waals surface area contributed by atoms with Crippen LogP contribution in [0.15, 0.2) is 36.9 Å². The van der Waals surface area contributed by atoms with E-state index in [1.165, 1.54) is 27.5 Å². The fourth-order valence-electron chi connectivity index (χ4n) is 3.45. The minimum Gasteiger partial charge on any atom is -0.424 e. The smallest absolute Gasteiger partial charge is 0.375 e. The first-order valence-corrected chi connectivity index (χ1v) is 15.0. The van der Waals surface area contributed by atoms with E-state index in [1.807, 2.05) is 44.2 Å². The molecule has 6 nitrogen and oxygen atoms in total. The van der Waals surface area contributed by atoms with Crippen LogP contribution >= 0.6 is 15.2 Å². The average molecular weight is 495 g/mol. The highest BCUT2D eigenvalue weighted by atomic mass is 31.2. The minimum atomic E-state index is -3.40. The van der Waals surface area contributed by atoms with Crippen molar-refractivity contribution in [2.24, 2.45) is 0 Å². The Kier molecular flexibility index (Phi) is 9.58. The summed E-state index contributed by atoms with van der Waals surface area (Å²) in [6, 6.07) is 9.68. The highest BCUT2D eigenvalue weighted by molar-refractivity contribution is 7.53. The third-order valence-electron chi connectivity index (χ3n) is 5.29. The fraction of sp³-hybridized carbons (Fsp3) is 0.440. The second kappa shape index (κ2) is 11.5. The third-order valence-corrected chi connectivity index (χ3v) is 7.67. The molecule has 0 spiro atoms. The van der Waals surface area contributed by atoms with E-state index in [-0.39, 0.29) is 0 Å². The van der Waals surface area contributed by atoms with E-state index < -0.39 is 15.2 Å². The quantitative estimate of drug-likeness (QED) is 0.219. The highest BCUT2D eigenvalue weighted by Crippen LogP contribution is 2.54. The Hall–Kier alpha value is -1.84. The molecule has 2 aromatic carbocycles. The molecule has 2 aromatic rings. The summed E-state index contributed by atoms with van der Waals surface area (Å²) in [5, 5.41) is 0. The van der Waals surface area contributed by atoms with Gasteiger partial charge in [-0.1, -0.05) is 55.7 Å². The Morgan fingerprint density at radius 1 is 0.939 bits per heavy atom. The highest BCUT2D eigenvalue weighted by Gasteiger charge is 2.27. The number of unbranched alkanes of at least 4 members (excludes halogenated alkanes) is 2. The Labute approximate surface area is 198 Å². The Balaban J connectivity index is 2.88. The van der Waals surface area contributed by atoms with Gasteiger partial charge in [-0.15, -0.1) is 0 Å². The van der Waals surface area contributed by atoms with Crippen molar-refractivity contribution in [2.75, 3.05) is 27.5 Å². The van der Waals surface area contributed by atoms with Crippen molar-refractivity contribution >= 4 is 20.8 Å². The van der Waals surface area contributed by atoms with Gasteiger partial charge in [0.25, 0.3) is 0 Å². The van der Waals surface area contributed by atoms with Crippen LogP contribution in [0.1, 0.15) is 49.8 Å². The van der Waals surface area contributed by atoms with Crippen LogP contribution in [0.25, 0.3) is 16.7 Å². The van der Waals surface area contributed by atoms with Crippen LogP contribution in [0.2, 0.25) is 0 Å². The third kappa shape index (κ3) is 7.58. The molecule has 0 saturated carbocycles. The van der Waals surface area contributed by atoms with Crippen LogP contribution in [0.5, 0.6) is 11.5 Å². The monoisotopic (exact) mass is 494 g/mol. The molecule has 0 heterocycles. The molecule has 0 fully saturated rings. The molecule has 2 atom stereocenters. The first-order chi connectivity index (χ1) is 15.4. The molecule has 0 saturated heterocycles. The predicted molar refractivity (Wildman–Crippen MR) is 137 cm³/mol. The molecule has 0 amide bonds. The Bertz CT molecular complexity index is 1050. The van der Waals surface area contributed by atoms with Gasteiger partial charge in [0.15, 0.2) is 0 Å². The van der Waals surface area contributed by atoms with Gasteiger partial charge in [0.1, 0.15) is 11.5 Å². The summed E-state index contributed by atoms with van der Waals surface area (Å²) in [7, 11) is -4.11. The van der Waals surface area contributed by atoms with Crippen molar-refractivity contribution in [3.8, 4) is 22.6 Å². The summed E-state index contributed by atoms with van der Waals surface area (Å²) in [4.78, 5) is 0. The molecule has 0 bridgehead atoms. The molecule has 0 aromatic heterocycles. The summed E-state index contributed by atoms with van der Waals surface area (Å²) in [6.07, 6.45) is 3.89. The van der Waals surface area contributed by atoms with E-state index in [2.05, 4.69) is 13.5 Å². The van der Waals surface area contributed by atoms with E-state index in [1.54, 1.807) is 0 Å². The van der Waals surface area contributed by atoms with Crippen molar-refractivity contribution < 1.29 is 27.2 Å². The molecule has 0 aliphatic carbocycles. The van der Waals surface area contributed by atoms with Crippen molar-refractivity contribution in [1.82, 2.24) is 0 Å². The topological polar surface area (TPSA) is 71.1 Å². The predicted octanol–water partition coefficient (Wildman–Crippen LogP) is 8.12. The van der Waals surface area contributed by atoms with E-state index in [0.29, 0.717) is 17.1 Å². The molecule has 0 aliphatic rings. The summed E-state index contributed by atoms with van der Waals surface area (Å²) in [6.45, 7) is 13.0. The second-order valence-corrected chi connectivity index (χ2v) is 12.5. The van der Waals surface area contributed by atoms with Crippen LogP contribution in [-0.2, 0) is 24.6 Å². The molecule has 33 heavy (non-hydrogen) atoms. The maximum Gasteiger partial charge on any atom is 0.375 e. The Morgan fingerprint density at radius 2 is 1.48 bits per heavy atom. The number of benzene rings is 2. The van der Waals surface area contributed by atoms with Gasteiger partial charge in [-0.05, 0) is 55.5 Å². The first kappa shape index (κ1) is 27.4. The fourth-order valence-corrected chi connectivity index (χ4v) is 4.60. The first-order valence-electron chi connectivity index (χ1n) is 11.0. The zero-order chi connectivity index (χ0) is 24.8. The maximum atomic E-state index is 12.9. The van der Waals surface area contributed by atoms with Gasteiger partial charge >= 0.3 is 15.2 Å². The number of hydrogen-bond donors (Lipinski definition) is 0. The van der Waals surface area contributed by atoms with Gasteiger partial charge in [-0.3, -0.25) is 0 Å². The van der Waals surface area contributed by atoms with Gasteiger partial charge in [0, 0.05) is 27.5 Å². The van der Waals surface area contributed by atoms with E-state index in [9.17, 15) is 9.13 Å². The lowest BCUT2D eigenvalue weighted by molar-refractivity contribution is 0.325. The van der Waals surface area contributed by atoms with Gasteiger partial charge in [-0.25, -0.2) is 9.13 Å². The molecule has 2 unspecified atom stereocenters. The summed E-state index contributed by atoms with van der Waals surface area (Å²) < 4.78 is 47.9. The van der Waals surface area contributed by atoms with Crippen LogP contribution in [0.4, 0.5) is 0 Å². The van der Waals surface area contributed by atoms with Gasteiger partial charge in [0.05, 0.1) is 5.56 Å². The number of rotatable bonds is 12. The lowest BCUT2D eigenvalue weighted by Gasteiger charge is -2.23. The van der Waals surface area contributed by atoms with Crippen LogP contribution in [-0.4, -0.2) is 27.5 Å². The molecule has 2 rings (SSSR count). The van der Waals surface area contributed by atoms with Crippen LogP contribution in [0.3, 0.4) is 0 Å². The molecular formula is C25H36O6P2. The van der Waals surface area contributed by atoms with Crippen molar-refractivity contribution in [1.29, 1.82) is 0 Å². The summed E-state index contributed by atoms with van der Waals surface area (Å²) >= 11 is 0. The van der Waals surface area contributed by atoms with E-state index in [0.717, 1.165) is 53.5 Å². The lowest BCUT2D eigenvalue weighted by Crippen LogP contribution is -2.02. The van der Waals surface area contributed by atoms with Crippen molar-refractivity contribution in [3.63, 3.8) is 0 Å². The molecule has 0 N–H and O–H groups in total. The standard InChI is InChI=1S/C25H36O6P2/c1-9-10-11-12-20-16-23(30-32(7,26)28-5)25(24(17-20)31-33(8,27)29-6)22-15-19(4)13-14-21(22)18(2)3/h13-17H,2,9-12H2,1,3-8H3. The normalized spacial score (nSPS) is 14.9. The zero-order valence-corrected chi connectivity index (χ0v) is 22.6. The molecule has 0 aliphatic heterocycles. The maximum absolute atomic E-state index is 12.9. The SMILES string of the molecule is C=C(C)c1ccc(C)cc1-c1c(OP(C)(=O)OC)cc(CCCCC)cc1OP(C)(=O)OC. The number of aryl methyl sites for hydroxylation is 2. The summed E-state index contributed by atoms with van der Waals surface area (Å²) in [5.74, 6) is 0.687. The zero-order valence-electron chi connectivity index (χ0n) is 20.8. The summed E-state index contributed by atoms with van der Waals surface area (Å²) in [5.41, 5.74) is 4.97. The average Bonchev–Trinajstić information content (AvgIpc) is 2.73. The molecule has 8 heteroatoms. The molecule has 0 radical (unpaired) electrons.